The molecule has 1 amide bonds. The smallest absolute Gasteiger partial charge is 0.280 e. The Bertz CT molecular complexity index is 1020. The molecule has 3 aromatic rings. The molecule has 1 N–H and O–H groups in total. The van der Waals surface area contributed by atoms with E-state index >= 15 is 0 Å². The van der Waals surface area contributed by atoms with Crippen LogP contribution in [0.4, 0.5) is 14.5 Å². The summed E-state index contributed by atoms with van der Waals surface area (Å²) in [7, 11) is 1.65. The van der Waals surface area contributed by atoms with Crippen molar-refractivity contribution in [2.75, 3.05) is 19.0 Å². The molecule has 3 heterocycles. The average molecular weight is 418 g/mol. The first-order chi connectivity index (χ1) is 14.4. The molecule has 0 fully saturated rings. The Morgan fingerprint density at radius 2 is 2.03 bits per heavy atom. The third-order valence-electron chi connectivity index (χ3n) is 4.22. The number of carbonyl (C=O) groups is 1. The summed E-state index contributed by atoms with van der Waals surface area (Å²) in [5.41, 5.74) is 1.40. The van der Waals surface area contributed by atoms with E-state index in [0.717, 1.165) is 18.5 Å². The second kappa shape index (κ2) is 9.62. The van der Waals surface area contributed by atoms with E-state index in [1.807, 2.05) is 20.0 Å². The van der Waals surface area contributed by atoms with E-state index in [-0.39, 0.29) is 11.8 Å². The van der Waals surface area contributed by atoms with E-state index in [9.17, 15) is 13.6 Å². The number of hydrogen-bond donors (Lipinski definition) is 1. The molecule has 3 aromatic heterocycles. The fourth-order valence-electron chi connectivity index (χ4n) is 2.92. The number of nitrogens with one attached hydrogen (secondary N) is 1. The van der Waals surface area contributed by atoms with Gasteiger partial charge in [0.25, 0.3) is 12.3 Å². The highest BCUT2D eigenvalue weighted by molar-refractivity contribution is 6.03. The maximum Gasteiger partial charge on any atom is 0.280 e. The standard InChI is InChI=1S/C21H24F2N4O3/c1-13(2)30-18-10-19-24-14(6-5-9-29-3)11-27(19)12-17(18)26-21(28)16-8-4-7-15(25-16)20(22)23/h4,7-8,10-13,20H,5-6,9H2,1-3H3,(H,26,28). The number of halogens is 2. The number of anilines is 1. The molecule has 0 aromatic carbocycles. The third-order valence-corrected chi connectivity index (χ3v) is 4.22. The Morgan fingerprint density at radius 3 is 2.73 bits per heavy atom. The highest BCUT2D eigenvalue weighted by atomic mass is 19.3. The number of imidazole rings is 1. The van der Waals surface area contributed by atoms with Crippen molar-refractivity contribution in [3.8, 4) is 5.75 Å². The van der Waals surface area contributed by atoms with Crippen molar-refractivity contribution in [1.29, 1.82) is 0 Å². The topological polar surface area (TPSA) is 77.8 Å². The lowest BCUT2D eigenvalue weighted by Crippen LogP contribution is -2.17. The summed E-state index contributed by atoms with van der Waals surface area (Å²) in [5.74, 6) is -0.171. The van der Waals surface area contributed by atoms with Crippen molar-refractivity contribution in [2.24, 2.45) is 0 Å². The highest BCUT2D eigenvalue weighted by Gasteiger charge is 2.17. The second-order valence-electron chi connectivity index (χ2n) is 7.01. The first-order valence-electron chi connectivity index (χ1n) is 9.61. The molecule has 0 unspecified atom stereocenters. The fraction of sp³-hybridized carbons (Fsp3) is 0.381. The van der Waals surface area contributed by atoms with Gasteiger partial charge in [-0.1, -0.05) is 6.07 Å². The Hall–Kier alpha value is -3.07. The van der Waals surface area contributed by atoms with Crippen LogP contribution in [-0.2, 0) is 11.2 Å². The van der Waals surface area contributed by atoms with Crippen LogP contribution in [0.15, 0.2) is 36.7 Å². The van der Waals surface area contributed by atoms with Crippen LogP contribution in [0.2, 0.25) is 0 Å². The number of amides is 1. The van der Waals surface area contributed by atoms with Crippen LogP contribution in [0, 0.1) is 0 Å². The number of ether oxygens (including phenoxy) is 2. The predicted octanol–water partition coefficient (Wildman–Crippen LogP) is 4.29. The van der Waals surface area contributed by atoms with Gasteiger partial charge in [-0.15, -0.1) is 0 Å². The summed E-state index contributed by atoms with van der Waals surface area (Å²) < 4.78 is 38.5. The van der Waals surface area contributed by atoms with Gasteiger partial charge < -0.3 is 19.2 Å². The molecular weight excluding hydrogens is 394 g/mol. The summed E-state index contributed by atoms with van der Waals surface area (Å²) in [5, 5.41) is 2.71. The van der Waals surface area contributed by atoms with Crippen LogP contribution in [0.5, 0.6) is 5.75 Å². The lowest BCUT2D eigenvalue weighted by Gasteiger charge is -2.15. The maximum absolute atomic E-state index is 12.9. The van der Waals surface area contributed by atoms with Crippen molar-refractivity contribution in [3.63, 3.8) is 0 Å². The van der Waals surface area contributed by atoms with Gasteiger partial charge in [-0.05, 0) is 38.8 Å². The number of pyridine rings is 2. The monoisotopic (exact) mass is 418 g/mol. The van der Waals surface area contributed by atoms with Crippen molar-refractivity contribution in [3.05, 3.63) is 53.7 Å². The van der Waals surface area contributed by atoms with Crippen molar-refractivity contribution < 1.29 is 23.0 Å². The van der Waals surface area contributed by atoms with Crippen molar-refractivity contribution in [1.82, 2.24) is 14.4 Å². The number of aromatic nitrogens is 3. The minimum atomic E-state index is -2.75. The summed E-state index contributed by atoms with van der Waals surface area (Å²) in [6.45, 7) is 4.37. The third kappa shape index (κ3) is 5.29. The number of aryl methyl sites for hydroxylation is 1. The maximum atomic E-state index is 12.9. The van der Waals surface area contributed by atoms with Gasteiger partial charge in [-0.2, -0.15) is 0 Å². The zero-order chi connectivity index (χ0) is 21.7. The number of rotatable bonds is 9. The summed E-state index contributed by atoms with van der Waals surface area (Å²) in [6, 6.07) is 5.67. The first kappa shape index (κ1) is 21.6. The number of methoxy groups -OCH3 is 1. The molecule has 30 heavy (non-hydrogen) atoms. The number of nitrogens with zero attached hydrogens (tertiary/aromatic N) is 3. The Labute approximate surface area is 173 Å². The van der Waals surface area contributed by atoms with Gasteiger partial charge in [0.15, 0.2) is 0 Å². The molecule has 0 radical (unpaired) electrons. The molecule has 0 saturated heterocycles. The van der Waals surface area contributed by atoms with Gasteiger partial charge >= 0.3 is 0 Å². The molecule has 3 rings (SSSR count). The van der Waals surface area contributed by atoms with Gasteiger partial charge in [-0.25, -0.2) is 18.7 Å². The molecule has 9 heteroatoms. The molecule has 0 aliphatic carbocycles. The van der Waals surface area contributed by atoms with Gasteiger partial charge in [0.2, 0.25) is 0 Å². The quantitative estimate of drug-likeness (QED) is 0.525. The average Bonchev–Trinajstić information content (AvgIpc) is 3.09. The molecule has 0 saturated carbocycles. The zero-order valence-electron chi connectivity index (χ0n) is 17.1. The Kier molecular flexibility index (Phi) is 6.94. The van der Waals surface area contributed by atoms with Gasteiger partial charge in [0.05, 0.1) is 11.8 Å². The number of hydrogen-bond acceptors (Lipinski definition) is 5. The molecule has 7 nitrogen and oxygen atoms in total. The molecule has 0 bridgehead atoms. The SMILES string of the molecule is COCCCc1cn2cc(NC(=O)c3cccc(C(F)F)n3)c(OC(C)C)cc2n1. The number of fused-ring (bicyclic) bond motifs is 1. The van der Waals surface area contributed by atoms with Crippen LogP contribution in [-0.4, -0.2) is 40.1 Å². The van der Waals surface area contributed by atoms with Crippen LogP contribution >= 0.6 is 0 Å². The van der Waals surface area contributed by atoms with Gasteiger partial charge in [-0.3, -0.25) is 4.79 Å². The molecular formula is C21H24F2N4O3. The van der Waals surface area contributed by atoms with E-state index in [1.54, 1.807) is 23.8 Å². The normalized spacial score (nSPS) is 11.4. The highest BCUT2D eigenvalue weighted by Crippen LogP contribution is 2.28. The molecule has 160 valence electrons. The van der Waals surface area contributed by atoms with Gasteiger partial charge in [0.1, 0.15) is 28.5 Å². The first-order valence-corrected chi connectivity index (χ1v) is 9.61. The Morgan fingerprint density at radius 1 is 1.23 bits per heavy atom. The fourth-order valence-corrected chi connectivity index (χ4v) is 2.92. The minimum absolute atomic E-state index is 0.103. The zero-order valence-corrected chi connectivity index (χ0v) is 17.1. The second-order valence-corrected chi connectivity index (χ2v) is 7.01. The predicted molar refractivity (Wildman–Crippen MR) is 108 cm³/mol. The summed E-state index contributed by atoms with van der Waals surface area (Å²) >= 11 is 0. The van der Waals surface area contributed by atoms with Gasteiger partial charge in [0, 0.05) is 32.2 Å². The lowest BCUT2D eigenvalue weighted by molar-refractivity contribution is 0.101. The Balaban J connectivity index is 1.90. The van der Waals surface area contributed by atoms with E-state index in [2.05, 4.69) is 15.3 Å². The van der Waals surface area contributed by atoms with E-state index < -0.39 is 18.0 Å². The van der Waals surface area contributed by atoms with Crippen LogP contribution in [0.25, 0.3) is 5.65 Å². The van der Waals surface area contributed by atoms with Crippen molar-refractivity contribution >= 4 is 17.2 Å². The lowest BCUT2D eigenvalue weighted by atomic mass is 10.2. The molecule has 0 aliphatic rings. The molecule has 0 aliphatic heterocycles. The molecule has 0 atom stereocenters. The number of carbonyl (C=O) groups excluding carboxylic acids is 1. The number of alkyl halides is 2. The van der Waals surface area contributed by atoms with Crippen LogP contribution in [0.3, 0.4) is 0 Å². The van der Waals surface area contributed by atoms with E-state index in [1.165, 1.54) is 18.2 Å². The van der Waals surface area contributed by atoms with Crippen LogP contribution in [0.1, 0.15) is 48.6 Å². The van der Waals surface area contributed by atoms with Crippen LogP contribution < -0.4 is 10.1 Å². The largest absolute Gasteiger partial charge is 0.489 e. The molecule has 0 spiro atoms. The summed E-state index contributed by atoms with van der Waals surface area (Å²) in [6.07, 6.45) is 2.26. The van der Waals surface area contributed by atoms with E-state index in [4.69, 9.17) is 9.47 Å². The van der Waals surface area contributed by atoms with Crippen molar-refractivity contribution in [2.45, 2.75) is 39.2 Å². The summed E-state index contributed by atoms with van der Waals surface area (Å²) in [4.78, 5) is 20.9. The minimum Gasteiger partial charge on any atom is -0.489 e. The van der Waals surface area contributed by atoms with E-state index in [0.29, 0.717) is 23.7 Å².